The van der Waals surface area contributed by atoms with Gasteiger partial charge in [0, 0.05) is 32.5 Å². The van der Waals surface area contributed by atoms with Crippen LogP contribution < -0.4 is 10.6 Å². The predicted molar refractivity (Wildman–Crippen MR) is 86.2 cm³/mol. The van der Waals surface area contributed by atoms with E-state index in [4.69, 9.17) is 5.11 Å². The smallest absolute Gasteiger partial charge is 0.220 e. The number of hydrogen-bond acceptors (Lipinski definition) is 3. The molecule has 1 aromatic rings. The van der Waals surface area contributed by atoms with Crippen LogP contribution in [0.25, 0.3) is 0 Å². The lowest BCUT2D eigenvalue weighted by Crippen LogP contribution is -2.36. The summed E-state index contributed by atoms with van der Waals surface area (Å²) in [4.78, 5) is 23.3. The van der Waals surface area contributed by atoms with Crippen LogP contribution in [0.4, 0.5) is 4.39 Å². The van der Waals surface area contributed by atoms with Crippen LogP contribution in [0.15, 0.2) is 24.3 Å². The number of aliphatic hydroxyl groups is 1. The maximum absolute atomic E-state index is 12.8. The first kappa shape index (κ1) is 19.1. The average molecular weight is 324 g/mol. The Labute approximate surface area is 136 Å². The van der Waals surface area contributed by atoms with Crippen LogP contribution in [0.2, 0.25) is 0 Å². The highest BCUT2D eigenvalue weighted by Crippen LogP contribution is 2.18. The van der Waals surface area contributed by atoms with Gasteiger partial charge in [-0.15, -0.1) is 0 Å². The molecule has 3 N–H and O–H groups in total. The van der Waals surface area contributed by atoms with E-state index in [0.29, 0.717) is 25.9 Å². The summed E-state index contributed by atoms with van der Waals surface area (Å²) in [6, 6.07) is 6.06. The third kappa shape index (κ3) is 8.30. The summed E-state index contributed by atoms with van der Waals surface area (Å²) in [5, 5.41) is 14.5. The molecule has 0 bridgehead atoms. The van der Waals surface area contributed by atoms with E-state index in [0.717, 1.165) is 5.56 Å². The number of halogens is 1. The topological polar surface area (TPSA) is 78.4 Å². The molecule has 1 rings (SSSR count). The minimum Gasteiger partial charge on any atom is -0.396 e. The zero-order valence-corrected chi connectivity index (χ0v) is 13.7. The molecule has 0 saturated carbocycles. The maximum atomic E-state index is 12.8. The van der Waals surface area contributed by atoms with Crippen molar-refractivity contribution in [3.05, 3.63) is 35.6 Å². The van der Waals surface area contributed by atoms with Crippen LogP contribution in [0.1, 0.15) is 32.3 Å². The molecule has 0 aliphatic rings. The summed E-state index contributed by atoms with van der Waals surface area (Å²) >= 11 is 0. The molecule has 0 spiro atoms. The number of aryl methyl sites for hydroxylation is 1. The number of nitrogens with one attached hydrogen (secondary N) is 2. The zero-order valence-electron chi connectivity index (χ0n) is 13.7. The lowest BCUT2D eigenvalue weighted by molar-refractivity contribution is -0.124. The number of benzene rings is 1. The lowest BCUT2D eigenvalue weighted by atomic mass is 9.90. The fourth-order valence-corrected chi connectivity index (χ4v) is 1.95. The first-order chi connectivity index (χ1) is 10.8. The van der Waals surface area contributed by atoms with Crippen molar-refractivity contribution in [2.24, 2.45) is 5.41 Å². The molecular weight excluding hydrogens is 299 g/mol. The van der Waals surface area contributed by atoms with Gasteiger partial charge >= 0.3 is 0 Å². The highest BCUT2D eigenvalue weighted by molar-refractivity contribution is 5.77. The highest BCUT2D eigenvalue weighted by Gasteiger charge is 2.20. The maximum Gasteiger partial charge on any atom is 0.220 e. The Bertz CT molecular complexity index is 515. The minimum atomic E-state index is -0.442. The Morgan fingerprint density at radius 1 is 1.09 bits per heavy atom. The first-order valence-corrected chi connectivity index (χ1v) is 7.71. The standard InChI is InChI=1S/C17H25FN2O3/c1-17(2,12-21)11-16(23)20-10-9-19-15(22)8-5-13-3-6-14(18)7-4-13/h3-4,6-7,21H,5,8-12H2,1-2H3,(H,19,22)(H,20,23). The lowest BCUT2D eigenvalue weighted by Gasteiger charge is -2.20. The van der Waals surface area contributed by atoms with Gasteiger partial charge in [-0.3, -0.25) is 9.59 Å². The molecule has 0 atom stereocenters. The summed E-state index contributed by atoms with van der Waals surface area (Å²) in [5.74, 6) is -0.554. The van der Waals surface area contributed by atoms with E-state index < -0.39 is 5.41 Å². The van der Waals surface area contributed by atoms with Gasteiger partial charge < -0.3 is 15.7 Å². The second-order valence-corrected chi connectivity index (χ2v) is 6.33. The normalized spacial score (nSPS) is 11.1. The molecule has 0 unspecified atom stereocenters. The molecular formula is C17H25FN2O3. The average Bonchev–Trinajstić information content (AvgIpc) is 2.50. The number of rotatable bonds is 9. The summed E-state index contributed by atoms with van der Waals surface area (Å²) in [7, 11) is 0. The SMILES string of the molecule is CC(C)(CO)CC(=O)NCCNC(=O)CCc1ccc(F)cc1. The molecule has 23 heavy (non-hydrogen) atoms. The minimum absolute atomic E-state index is 0.0550. The monoisotopic (exact) mass is 324 g/mol. The molecule has 1 aromatic carbocycles. The van der Waals surface area contributed by atoms with E-state index in [1.165, 1.54) is 12.1 Å². The van der Waals surface area contributed by atoms with E-state index in [1.807, 2.05) is 13.8 Å². The summed E-state index contributed by atoms with van der Waals surface area (Å²) < 4.78 is 12.8. The van der Waals surface area contributed by atoms with Gasteiger partial charge in [0.05, 0.1) is 0 Å². The Morgan fingerprint density at radius 3 is 2.22 bits per heavy atom. The van der Waals surface area contributed by atoms with Gasteiger partial charge in [0.1, 0.15) is 5.82 Å². The molecule has 0 aromatic heterocycles. The van der Waals surface area contributed by atoms with Crippen molar-refractivity contribution in [2.75, 3.05) is 19.7 Å². The molecule has 0 saturated heterocycles. The molecule has 0 fully saturated rings. The molecule has 6 heteroatoms. The van der Waals surface area contributed by atoms with Crippen LogP contribution in [0.3, 0.4) is 0 Å². The van der Waals surface area contributed by atoms with Crippen molar-refractivity contribution in [1.82, 2.24) is 10.6 Å². The third-order valence-electron chi connectivity index (χ3n) is 3.39. The summed E-state index contributed by atoms with van der Waals surface area (Å²) in [5.41, 5.74) is 0.462. The summed E-state index contributed by atoms with van der Waals surface area (Å²) in [6.07, 6.45) is 1.10. The molecule has 2 amide bonds. The number of carbonyl (C=O) groups excluding carboxylic acids is 2. The fraction of sp³-hybridized carbons (Fsp3) is 0.529. The quantitative estimate of drug-likeness (QED) is 0.601. The summed E-state index contributed by atoms with van der Waals surface area (Å²) in [6.45, 7) is 4.27. The Balaban J connectivity index is 2.14. The van der Waals surface area contributed by atoms with E-state index in [9.17, 15) is 14.0 Å². The van der Waals surface area contributed by atoms with Gasteiger partial charge in [0.25, 0.3) is 0 Å². The van der Waals surface area contributed by atoms with Gasteiger partial charge in [-0.1, -0.05) is 26.0 Å². The molecule has 0 radical (unpaired) electrons. The van der Waals surface area contributed by atoms with Crippen molar-refractivity contribution >= 4 is 11.8 Å². The molecule has 0 aliphatic carbocycles. The van der Waals surface area contributed by atoms with E-state index in [-0.39, 0.29) is 30.7 Å². The Hall–Kier alpha value is -1.95. The van der Waals surface area contributed by atoms with E-state index in [2.05, 4.69) is 10.6 Å². The van der Waals surface area contributed by atoms with Gasteiger partial charge in [-0.25, -0.2) is 4.39 Å². The molecule has 128 valence electrons. The van der Waals surface area contributed by atoms with E-state index >= 15 is 0 Å². The number of aliphatic hydroxyl groups excluding tert-OH is 1. The Morgan fingerprint density at radius 2 is 1.65 bits per heavy atom. The van der Waals surface area contributed by atoms with Crippen LogP contribution in [-0.4, -0.2) is 36.6 Å². The predicted octanol–water partition coefficient (Wildman–Crippen LogP) is 1.40. The fourth-order valence-electron chi connectivity index (χ4n) is 1.95. The number of hydrogen-bond donors (Lipinski definition) is 3. The number of amides is 2. The molecule has 0 heterocycles. The van der Waals surface area contributed by atoms with Crippen molar-refractivity contribution in [3.63, 3.8) is 0 Å². The second-order valence-electron chi connectivity index (χ2n) is 6.33. The van der Waals surface area contributed by atoms with Crippen LogP contribution >= 0.6 is 0 Å². The Kier molecular flexibility index (Phi) is 7.68. The van der Waals surface area contributed by atoms with Gasteiger partial charge in [0.2, 0.25) is 11.8 Å². The van der Waals surface area contributed by atoms with Gasteiger partial charge in [0.15, 0.2) is 0 Å². The van der Waals surface area contributed by atoms with Crippen LogP contribution in [0.5, 0.6) is 0 Å². The second kappa shape index (κ2) is 9.25. The van der Waals surface area contributed by atoms with Gasteiger partial charge in [-0.05, 0) is 29.5 Å². The van der Waals surface area contributed by atoms with Crippen LogP contribution in [0, 0.1) is 11.2 Å². The van der Waals surface area contributed by atoms with Crippen molar-refractivity contribution in [2.45, 2.75) is 33.1 Å². The number of carbonyl (C=O) groups is 2. The molecule has 5 nitrogen and oxygen atoms in total. The van der Waals surface area contributed by atoms with Crippen LogP contribution in [-0.2, 0) is 16.0 Å². The van der Waals surface area contributed by atoms with Crippen molar-refractivity contribution < 1.29 is 19.1 Å². The third-order valence-corrected chi connectivity index (χ3v) is 3.39. The van der Waals surface area contributed by atoms with Crippen molar-refractivity contribution in [1.29, 1.82) is 0 Å². The van der Waals surface area contributed by atoms with E-state index in [1.54, 1.807) is 12.1 Å². The van der Waals surface area contributed by atoms with Gasteiger partial charge in [-0.2, -0.15) is 0 Å². The molecule has 0 aliphatic heterocycles. The highest BCUT2D eigenvalue weighted by atomic mass is 19.1. The zero-order chi connectivity index (χ0) is 17.3. The largest absolute Gasteiger partial charge is 0.396 e. The van der Waals surface area contributed by atoms with Crippen molar-refractivity contribution in [3.8, 4) is 0 Å². The first-order valence-electron chi connectivity index (χ1n) is 7.71.